The molecule has 6 heteroatoms. The predicted octanol–water partition coefficient (Wildman–Crippen LogP) is 0.132. The van der Waals surface area contributed by atoms with E-state index in [0.717, 1.165) is 6.08 Å². The first-order valence-corrected chi connectivity index (χ1v) is 4.76. The number of rotatable bonds is 4. The fourth-order valence-corrected chi connectivity index (χ4v) is 1.32. The molecule has 0 N–H and O–H groups in total. The van der Waals surface area contributed by atoms with Gasteiger partial charge in [-0.25, -0.2) is 0 Å². The molecule has 1 rings (SSSR count). The van der Waals surface area contributed by atoms with Gasteiger partial charge in [-0.2, -0.15) is 0 Å². The minimum atomic E-state index is -0.536. The summed E-state index contributed by atoms with van der Waals surface area (Å²) in [6.45, 7) is 0.951. The quantitative estimate of drug-likeness (QED) is 0.513. The zero-order valence-electron chi connectivity index (χ0n) is 9.73. The highest BCUT2D eigenvalue weighted by Gasteiger charge is 2.30. The molecular weight excluding hydrogens is 228 g/mol. The van der Waals surface area contributed by atoms with E-state index < -0.39 is 17.5 Å². The summed E-state index contributed by atoms with van der Waals surface area (Å²) in [5.41, 5.74) is 0.0582. The van der Waals surface area contributed by atoms with Gasteiger partial charge in [0.25, 0.3) is 0 Å². The predicted molar refractivity (Wildman–Crippen MR) is 55.8 cm³/mol. The van der Waals surface area contributed by atoms with Crippen LogP contribution in [0.25, 0.3) is 0 Å². The summed E-state index contributed by atoms with van der Waals surface area (Å²) in [5.74, 6) is -1.88. The Balaban J connectivity index is 2.96. The Morgan fingerprint density at radius 1 is 1.18 bits per heavy atom. The van der Waals surface area contributed by atoms with Crippen LogP contribution in [0.15, 0.2) is 23.2 Å². The van der Waals surface area contributed by atoms with Crippen molar-refractivity contribution in [2.75, 3.05) is 20.8 Å². The van der Waals surface area contributed by atoms with E-state index in [1.54, 1.807) is 0 Å². The van der Waals surface area contributed by atoms with Gasteiger partial charge < -0.3 is 14.2 Å². The largest absolute Gasteiger partial charge is 0.490 e. The number of ketones is 2. The molecular formula is C11H12O6. The van der Waals surface area contributed by atoms with Crippen molar-refractivity contribution in [3.05, 3.63) is 23.2 Å². The maximum atomic E-state index is 11.8. The van der Waals surface area contributed by atoms with Gasteiger partial charge in [0.15, 0.2) is 0 Å². The molecule has 0 radical (unpaired) electrons. The second-order valence-corrected chi connectivity index (χ2v) is 3.21. The fraction of sp³-hybridized carbons (Fsp3) is 0.364. The number of Topliss-reactive ketones (excluding diaryl/α,β-unsaturated/α-hetero) is 1. The molecule has 1 aliphatic carbocycles. The molecule has 0 saturated carbocycles. The molecule has 0 saturated heterocycles. The van der Waals surface area contributed by atoms with Crippen molar-refractivity contribution in [3.8, 4) is 0 Å². The van der Waals surface area contributed by atoms with Crippen LogP contribution < -0.4 is 0 Å². The standard InChI is InChI=1S/C11H12O6/c1-6(12)17-5-7-4-8(13)10(15-2)11(16-3)9(7)14/h4H,5H2,1-3H3. The van der Waals surface area contributed by atoms with E-state index >= 15 is 0 Å². The van der Waals surface area contributed by atoms with Crippen molar-refractivity contribution in [2.24, 2.45) is 0 Å². The van der Waals surface area contributed by atoms with Gasteiger partial charge in [0.05, 0.1) is 14.2 Å². The molecule has 0 aromatic rings. The summed E-state index contributed by atoms with van der Waals surface area (Å²) in [6, 6.07) is 0. The van der Waals surface area contributed by atoms with E-state index in [0.29, 0.717) is 0 Å². The van der Waals surface area contributed by atoms with E-state index in [2.05, 4.69) is 4.74 Å². The van der Waals surface area contributed by atoms with Crippen LogP contribution in [0.2, 0.25) is 0 Å². The molecule has 0 amide bonds. The minimum Gasteiger partial charge on any atom is -0.490 e. The average Bonchev–Trinajstić information content (AvgIpc) is 2.28. The first-order valence-electron chi connectivity index (χ1n) is 4.76. The van der Waals surface area contributed by atoms with Crippen LogP contribution in [0.4, 0.5) is 0 Å². The van der Waals surface area contributed by atoms with E-state index in [4.69, 9.17) is 9.47 Å². The van der Waals surface area contributed by atoms with Gasteiger partial charge in [-0.3, -0.25) is 14.4 Å². The summed E-state index contributed by atoms with van der Waals surface area (Å²) >= 11 is 0. The zero-order chi connectivity index (χ0) is 13.0. The van der Waals surface area contributed by atoms with Gasteiger partial charge in [-0.05, 0) is 0 Å². The van der Waals surface area contributed by atoms with Crippen LogP contribution in [0, 0.1) is 0 Å². The monoisotopic (exact) mass is 240 g/mol. The van der Waals surface area contributed by atoms with Gasteiger partial charge in [-0.1, -0.05) is 0 Å². The molecule has 1 aliphatic rings. The summed E-state index contributed by atoms with van der Waals surface area (Å²) in [6.07, 6.45) is 1.08. The summed E-state index contributed by atoms with van der Waals surface area (Å²) in [5, 5.41) is 0. The Bertz CT molecular complexity index is 429. The molecule has 6 nitrogen and oxygen atoms in total. The zero-order valence-corrected chi connectivity index (χ0v) is 9.73. The van der Waals surface area contributed by atoms with Gasteiger partial charge in [0.2, 0.25) is 23.1 Å². The van der Waals surface area contributed by atoms with E-state index in [-0.39, 0.29) is 23.7 Å². The highest BCUT2D eigenvalue weighted by atomic mass is 16.5. The topological polar surface area (TPSA) is 78.9 Å². The fourth-order valence-electron chi connectivity index (χ4n) is 1.32. The van der Waals surface area contributed by atoms with Crippen molar-refractivity contribution in [2.45, 2.75) is 6.92 Å². The number of esters is 1. The lowest BCUT2D eigenvalue weighted by Crippen LogP contribution is -2.24. The number of carbonyl (C=O) groups is 3. The normalized spacial score (nSPS) is 15.6. The molecule has 0 fully saturated rings. The molecule has 0 heterocycles. The van der Waals surface area contributed by atoms with Crippen molar-refractivity contribution in [1.82, 2.24) is 0 Å². The number of allylic oxidation sites excluding steroid dienone is 2. The summed E-state index contributed by atoms with van der Waals surface area (Å²) < 4.78 is 14.3. The second kappa shape index (κ2) is 5.29. The summed E-state index contributed by atoms with van der Waals surface area (Å²) in [4.78, 5) is 34.0. The van der Waals surface area contributed by atoms with Crippen molar-refractivity contribution in [3.63, 3.8) is 0 Å². The highest BCUT2D eigenvalue weighted by Crippen LogP contribution is 2.20. The number of hydrogen-bond donors (Lipinski definition) is 0. The Labute approximate surface area is 97.8 Å². The van der Waals surface area contributed by atoms with Crippen LogP contribution >= 0.6 is 0 Å². The Morgan fingerprint density at radius 3 is 2.24 bits per heavy atom. The molecule has 0 aromatic heterocycles. The molecule has 0 aliphatic heterocycles. The van der Waals surface area contributed by atoms with E-state index in [9.17, 15) is 14.4 Å². The Morgan fingerprint density at radius 2 is 1.76 bits per heavy atom. The smallest absolute Gasteiger partial charge is 0.302 e. The van der Waals surface area contributed by atoms with Crippen LogP contribution in [-0.4, -0.2) is 38.4 Å². The minimum absolute atomic E-state index is 0.0582. The Hall–Kier alpha value is -2.11. The maximum absolute atomic E-state index is 11.8. The van der Waals surface area contributed by atoms with Crippen molar-refractivity contribution < 1.29 is 28.6 Å². The molecule has 0 unspecified atom stereocenters. The SMILES string of the molecule is COC1=C(OC)C(=O)C(COC(C)=O)=CC1=O. The third kappa shape index (κ3) is 2.72. The second-order valence-electron chi connectivity index (χ2n) is 3.21. The van der Waals surface area contributed by atoms with Gasteiger partial charge >= 0.3 is 5.97 Å². The highest BCUT2D eigenvalue weighted by molar-refractivity contribution is 6.21. The molecule has 0 atom stereocenters. The summed E-state index contributed by atoms with van der Waals surface area (Å²) in [7, 11) is 2.53. The van der Waals surface area contributed by atoms with Gasteiger partial charge in [0, 0.05) is 18.6 Å². The van der Waals surface area contributed by atoms with Crippen LogP contribution in [0.5, 0.6) is 0 Å². The van der Waals surface area contributed by atoms with Crippen molar-refractivity contribution >= 4 is 17.5 Å². The molecule has 0 bridgehead atoms. The lowest BCUT2D eigenvalue weighted by Gasteiger charge is -2.16. The van der Waals surface area contributed by atoms with E-state index in [1.165, 1.54) is 21.1 Å². The molecule has 92 valence electrons. The van der Waals surface area contributed by atoms with E-state index in [1.807, 2.05) is 0 Å². The number of carbonyl (C=O) groups excluding carboxylic acids is 3. The Kier molecular flexibility index (Phi) is 4.03. The van der Waals surface area contributed by atoms with Crippen LogP contribution in [-0.2, 0) is 28.6 Å². The van der Waals surface area contributed by atoms with Crippen molar-refractivity contribution in [1.29, 1.82) is 0 Å². The number of methoxy groups -OCH3 is 2. The van der Waals surface area contributed by atoms with Crippen LogP contribution in [0.1, 0.15) is 6.92 Å². The van der Waals surface area contributed by atoms with Gasteiger partial charge in [-0.15, -0.1) is 0 Å². The maximum Gasteiger partial charge on any atom is 0.302 e. The number of hydrogen-bond acceptors (Lipinski definition) is 6. The molecule has 17 heavy (non-hydrogen) atoms. The molecule has 0 spiro atoms. The lowest BCUT2D eigenvalue weighted by molar-refractivity contribution is -0.140. The van der Waals surface area contributed by atoms with Crippen LogP contribution in [0.3, 0.4) is 0 Å². The third-order valence-electron chi connectivity index (χ3n) is 2.07. The number of ether oxygens (including phenoxy) is 3. The average molecular weight is 240 g/mol. The first kappa shape index (κ1) is 13.0. The molecule has 0 aromatic carbocycles. The first-order chi connectivity index (χ1) is 8.01. The van der Waals surface area contributed by atoms with Gasteiger partial charge in [0.1, 0.15) is 6.61 Å². The lowest BCUT2D eigenvalue weighted by atomic mass is 10.0. The third-order valence-corrected chi connectivity index (χ3v) is 2.07.